The first-order chi connectivity index (χ1) is 9.97. The number of aromatic nitrogens is 1. The van der Waals surface area contributed by atoms with E-state index in [-0.39, 0.29) is 18.0 Å². The molecule has 0 saturated carbocycles. The van der Waals surface area contributed by atoms with Gasteiger partial charge in [-0.15, -0.1) is 0 Å². The quantitative estimate of drug-likeness (QED) is 0.849. The smallest absolute Gasteiger partial charge is 0.414 e. The van der Waals surface area contributed by atoms with E-state index < -0.39 is 5.76 Å². The molecule has 0 saturated heterocycles. The van der Waals surface area contributed by atoms with Crippen molar-refractivity contribution in [3.05, 3.63) is 68.6 Å². The molecule has 2 rings (SSSR count). The second-order valence-corrected chi connectivity index (χ2v) is 5.86. The molecular weight excluding hydrogens is 266 g/mol. The minimum absolute atomic E-state index is 0.0665. The Balaban J connectivity index is 2.30. The van der Waals surface area contributed by atoms with E-state index >= 15 is 0 Å². The molecule has 21 heavy (non-hydrogen) atoms. The Morgan fingerprint density at radius 3 is 2.33 bits per heavy atom. The van der Waals surface area contributed by atoms with Gasteiger partial charge in [-0.1, -0.05) is 51.1 Å². The molecule has 0 aliphatic heterocycles. The van der Waals surface area contributed by atoms with E-state index in [0.717, 1.165) is 16.6 Å². The molecule has 0 aliphatic rings. The van der Waals surface area contributed by atoms with E-state index in [1.165, 1.54) is 6.07 Å². The molecular formula is C17H21NO3. The molecule has 4 nitrogen and oxygen atoms in total. The normalized spacial score (nSPS) is 12.6. The van der Waals surface area contributed by atoms with Gasteiger partial charge >= 0.3 is 5.76 Å². The van der Waals surface area contributed by atoms with Crippen molar-refractivity contribution in [2.45, 2.75) is 39.7 Å². The highest BCUT2D eigenvalue weighted by Crippen LogP contribution is 2.20. The maximum Gasteiger partial charge on any atom is 0.422 e. The standard InChI is InChI=1S/C17H21NO3/c1-12(2)9-13(3)15-10-16(19)18(17(20)21-15)11-14-7-5-4-6-8-14/h4-8,10,12-13H,9,11H2,1-3H3. The van der Waals surface area contributed by atoms with Crippen LogP contribution in [0.1, 0.15) is 44.4 Å². The van der Waals surface area contributed by atoms with E-state index in [9.17, 15) is 9.59 Å². The summed E-state index contributed by atoms with van der Waals surface area (Å²) in [7, 11) is 0. The Morgan fingerprint density at radius 1 is 1.10 bits per heavy atom. The van der Waals surface area contributed by atoms with Crippen molar-refractivity contribution in [1.82, 2.24) is 4.57 Å². The van der Waals surface area contributed by atoms with Crippen molar-refractivity contribution < 1.29 is 4.42 Å². The molecule has 0 N–H and O–H groups in total. The zero-order valence-corrected chi connectivity index (χ0v) is 12.7. The van der Waals surface area contributed by atoms with Gasteiger partial charge in [-0.05, 0) is 17.9 Å². The van der Waals surface area contributed by atoms with Crippen LogP contribution in [0.2, 0.25) is 0 Å². The lowest BCUT2D eigenvalue weighted by molar-refractivity contribution is 0.357. The SMILES string of the molecule is CC(C)CC(C)c1cc(=O)n(Cc2ccccc2)c(=O)o1. The summed E-state index contributed by atoms with van der Waals surface area (Å²) in [6.07, 6.45) is 0.880. The predicted molar refractivity (Wildman–Crippen MR) is 82.7 cm³/mol. The fraction of sp³-hybridized carbons (Fsp3) is 0.412. The number of nitrogens with zero attached hydrogens (tertiary/aromatic N) is 1. The van der Waals surface area contributed by atoms with E-state index in [1.54, 1.807) is 0 Å². The van der Waals surface area contributed by atoms with E-state index in [1.807, 2.05) is 37.3 Å². The predicted octanol–water partition coefficient (Wildman–Crippen LogP) is 3.00. The van der Waals surface area contributed by atoms with Crippen molar-refractivity contribution in [1.29, 1.82) is 0 Å². The van der Waals surface area contributed by atoms with Gasteiger partial charge in [0.15, 0.2) is 0 Å². The Kier molecular flexibility index (Phi) is 4.78. The molecule has 0 amide bonds. The van der Waals surface area contributed by atoms with Gasteiger partial charge in [0.2, 0.25) is 0 Å². The Morgan fingerprint density at radius 2 is 1.76 bits per heavy atom. The molecule has 2 aromatic rings. The fourth-order valence-electron chi connectivity index (χ4n) is 2.45. The first-order valence-electron chi connectivity index (χ1n) is 7.26. The summed E-state index contributed by atoms with van der Waals surface area (Å²) in [5.41, 5.74) is 0.593. The zero-order valence-electron chi connectivity index (χ0n) is 12.7. The van der Waals surface area contributed by atoms with Gasteiger partial charge in [0.05, 0.1) is 6.54 Å². The van der Waals surface area contributed by atoms with Gasteiger partial charge in [0.25, 0.3) is 5.56 Å². The first kappa shape index (κ1) is 15.3. The van der Waals surface area contributed by atoms with Crippen LogP contribution in [0.4, 0.5) is 0 Å². The molecule has 1 aromatic heterocycles. The first-order valence-corrected chi connectivity index (χ1v) is 7.26. The van der Waals surface area contributed by atoms with Crippen LogP contribution in [0.15, 0.2) is 50.4 Å². The molecule has 0 fully saturated rings. The Bertz CT molecular complexity index is 667. The minimum atomic E-state index is -0.586. The highest BCUT2D eigenvalue weighted by molar-refractivity contribution is 5.15. The molecule has 1 heterocycles. The summed E-state index contributed by atoms with van der Waals surface area (Å²) in [5.74, 6) is 0.439. The fourth-order valence-corrected chi connectivity index (χ4v) is 2.45. The lowest BCUT2D eigenvalue weighted by atomic mass is 9.97. The van der Waals surface area contributed by atoms with Crippen LogP contribution in [0, 0.1) is 5.92 Å². The minimum Gasteiger partial charge on any atom is -0.414 e. The maximum absolute atomic E-state index is 12.2. The molecule has 0 bridgehead atoms. The van der Waals surface area contributed by atoms with Crippen LogP contribution in [0.25, 0.3) is 0 Å². The van der Waals surface area contributed by atoms with Crippen LogP contribution in [0.3, 0.4) is 0 Å². The van der Waals surface area contributed by atoms with Gasteiger partial charge in [-0.3, -0.25) is 4.79 Å². The van der Waals surface area contributed by atoms with Crippen LogP contribution < -0.4 is 11.3 Å². The molecule has 112 valence electrons. The summed E-state index contributed by atoms with van der Waals surface area (Å²) >= 11 is 0. The third-order valence-corrected chi connectivity index (χ3v) is 3.45. The Hall–Kier alpha value is -2.10. The Labute approximate surface area is 124 Å². The van der Waals surface area contributed by atoms with Crippen LogP contribution >= 0.6 is 0 Å². The number of rotatable bonds is 5. The number of hydrogen-bond acceptors (Lipinski definition) is 3. The number of benzene rings is 1. The van der Waals surface area contributed by atoms with E-state index in [4.69, 9.17) is 4.42 Å². The van der Waals surface area contributed by atoms with Gasteiger partial charge in [0.1, 0.15) is 5.76 Å². The third kappa shape index (κ3) is 3.94. The molecule has 1 aromatic carbocycles. The summed E-state index contributed by atoms with van der Waals surface area (Å²) in [6.45, 7) is 6.41. The number of hydrogen-bond donors (Lipinski definition) is 0. The van der Waals surface area contributed by atoms with Crippen molar-refractivity contribution in [2.24, 2.45) is 5.92 Å². The molecule has 0 radical (unpaired) electrons. The molecule has 0 spiro atoms. The molecule has 4 heteroatoms. The summed E-state index contributed by atoms with van der Waals surface area (Å²) in [6, 6.07) is 10.8. The highest BCUT2D eigenvalue weighted by Gasteiger charge is 2.14. The monoisotopic (exact) mass is 287 g/mol. The average molecular weight is 287 g/mol. The molecule has 1 atom stereocenters. The molecule has 1 unspecified atom stereocenters. The third-order valence-electron chi connectivity index (χ3n) is 3.45. The van der Waals surface area contributed by atoms with E-state index in [2.05, 4.69) is 13.8 Å². The van der Waals surface area contributed by atoms with Gasteiger partial charge in [0, 0.05) is 12.0 Å². The van der Waals surface area contributed by atoms with Crippen molar-refractivity contribution in [2.75, 3.05) is 0 Å². The van der Waals surface area contributed by atoms with Crippen molar-refractivity contribution in [3.8, 4) is 0 Å². The lowest BCUT2D eigenvalue weighted by Gasteiger charge is -2.13. The topological polar surface area (TPSA) is 52.2 Å². The van der Waals surface area contributed by atoms with Gasteiger partial charge in [-0.2, -0.15) is 0 Å². The van der Waals surface area contributed by atoms with Crippen molar-refractivity contribution in [3.63, 3.8) is 0 Å². The second kappa shape index (κ2) is 6.57. The maximum atomic E-state index is 12.2. The molecule has 0 aliphatic carbocycles. The van der Waals surface area contributed by atoms with Gasteiger partial charge in [-0.25, -0.2) is 9.36 Å². The second-order valence-electron chi connectivity index (χ2n) is 5.86. The van der Waals surface area contributed by atoms with Crippen LogP contribution in [-0.4, -0.2) is 4.57 Å². The van der Waals surface area contributed by atoms with Gasteiger partial charge < -0.3 is 4.42 Å². The van der Waals surface area contributed by atoms with Crippen LogP contribution in [-0.2, 0) is 6.54 Å². The average Bonchev–Trinajstić information content (AvgIpc) is 2.43. The zero-order chi connectivity index (χ0) is 15.4. The van der Waals surface area contributed by atoms with Crippen LogP contribution in [0.5, 0.6) is 0 Å². The summed E-state index contributed by atoms with van der Waals surface area (Å²) < 4.78 is 6.46. The summed E-state index contributed by atoms with van der Waals surface area (Å²) in [5, 5.41) is 0. The van der Waals surface area contributed by atoms with E-state index in [0.29, 0.717) is 11.7 Å². The lowest BCUT2D eigenvalue weighted by Crippen LogP contribution is -2.33. The largest absolute Gasteiger partial charge is 0.422 e. The highest BCUT2D eigenvalue weighted by atomic mass is 16.4. The van der Waals surface area contributed by atoms with Crippen molar-refractivity contribution >= 4 is 0 Å². The summed E-state index contributed by atoms with van der Waals surface area (Å²) in [4.78, 5) is 24.2.